The first-order chi connectivity index (χ1) is 15.1. The van der Waals surface area contributed by atoms with Gasteiger partial charge in [-0.3, -0.25) is 4.79 Å². The van der Waals surface area contributed by atoms with Gasteiger partial charge in [-0.15, -0.1) is 15.3 Å². The molecule has 0 radical (unpaired) electrons. The van der Waals surface area contributed by atoms with Crippen LogP contribution in [-0.4, -0.2) is 42.5 Å². The summed E-state index contributed by atoms with van der Waals surface area (Å²) in [7, 11) is 0. The third kappa shape index (κ3) is 4.97. The van der Waals surface area contributed by atoms with Crippen LogP contribution in [0.2, 0.25) is 5.02 Å². The van der Waals surface area contributed by atoms with Crippen LogP contribution in [0.4, 0.5) is 0 Å². The fraction of sp³-hybridized carbons (Fsp3) is 0.227. The quantitative estimate of drug-likeness (QED) is 0.413. The molecule has 0 saturated carbocycles. The number of benzene rings is 2. The molecule has 0 spiro atoms. The number of nitrogens with zero attached hydrogens (tertiary/aromatic N) is 6. The average Bonchev–Trinajstić information content (AvgIpc) is 3.44. The smallest absolute Gasteiger partial charge is 0.276 e. The van der Waals surface area contributed by atoms with E-state index in [4.69, 9.17) is 16.0 Å². The van der Waals surface area contributed by atoms with E-state index in [0.29, 0.717) is 35.5 Å². The van der Waals surface area contributed by atoms with Crippen LogP contribution in [0.3, 0.4) is 0 Å². The summed E-state index contributed by atoms with van der Waals surface area (Å²) in [5.41, 5.74) is 2.00. The van der Waals surface area contributed by atoms with Crippen LogP contribution in [0, 0.1) is 0 Å². The zero-order valence-corrected chi connectivity index (χ0v) is 17.7. The summed E-state index contributed by atoms with van der Waals surface area (Å²) < 4.78 is 7.40. The van der Waals surface area contributed by atoms with Gasteiger partial charge < -0.3 is 9.32 Å². The molecule has 2 aromatic carbocycles. The van der Waals surface area contributed by atoms with Crippen LogP contribution in [0.15, 0.2) is 65.2 Å². The average molecular weight is 437 g/mol. The molecule has 1 amide bonds. The van der Waals surface area contributed by atoms with Gasteiger partial charge in [-0.2, -0.15) is 0 Å². The summed E-state index contributed by atoms with van der Waals surface area (Å²) in [5, 5.41) is 16.8. The number of aromatic nitrogens is 5. The predicted octanol–water partition coefficient (Wildman–Crippen LogP) is 4.08. The first kappa shape index (κ1) is 20.7. The molecule has 0 aliphatic heterocycles. The molecule has 0 unspecified atom stereocenters. The second-order valence-electron chi connectivity index (χ2n) is 6.99. The van der Waals surface area contributed by atoms with Crippen LogP contribution in [0.1, 0.15) is 35.3 Å². The maximum atomic E-state index is 13.0. The lowest BCUT2D eigenvalue weighted by atomic mass is 10.2. The number of carbonyl (C=O) groups excluding carboxylic acids is 1. The van der Waals surface area contributed by atoms with E-state index in [1.165, 1.54) is 0 Å². The van der Waals surface area contributed by atoms with Crippen molar-refractivity contribution in [2.45, 2.75) is 26.4 Å². The maximum absolute atomic E-state index is 13.0. The van der Waals surface area contributed by atoms with E-state index >= 15 is 0 Å². The van der Waals surface area contributed by atoms with E-state index in [1.807, 2.05) is 49.4 Å². The van der Waals surface area contributed by atoms with Crippen molar-refractivity contribution in [1.29, 1.82) is 0 Å². The summed E-state index contributed by atoms with van der Waals surface area (Å²) in [5.74, 6) is 0.408. The Bertz CT molecular complexity index is 1160. The van der Waals surface area contributed by atoms with Gasteiger partial charge in [0.1, 0.15) is 0 Å². The molecule has 2 aromatic heterocycles. The van der Waals surface area contributed by atoms with E-state index in [1.54, 1.807) is 27.9 Å². The monoisotopic (exact) mass is 436 g/mol. The Morgan fingerprint density at radius 2 is 1.84 bits per heavy atom. The van der Waals surface area contributed by atoms with Crippen molar-refractivity contribution in [3.8, 4) is 11.5 Å². The molecule has 0 N–H and O–H groups in total. The van der Waals surface area contributed by atoms with Gasteiger partial charge in [-0.25, -0.2) is 4.68 Å². The lowest BCUT2D eigenvalue weighted by Gasteiger charge is -2.18. The second-order valence-corrected chi connectivity index (χ2v) is 7.40. The van der Waals surface area contributed by atoms with E-state index in [2.05, 4.69) is 20.5 Å². The molecule has 158 valence electrons. The molecule has 0 bridgehead atoms. The summed E-state index contributed by atoms with van der Waals surface area (Å²) >= 11 is 6.20. The Hall–Kier alpha value is -3.52. The minimum absolute atomic E-state index is 0.176. The highest BCUT2D eigenvalue weighted by molar-refractivity contribution is 6.33. The number of rotatable bonds is 8. The largest absolute Gasteiger partial charge is 0.419 e. The van der Waals surface area contributed by atoms with Crippen LogP contribution in [0.25, 0.3) is 11.5 Å². The number of hydrogen-bond acceptors (Lipinski definition) is 6. The fourth-order valence-corrected chi connectivity index (χ4v) is 3.37. The maximum Gasteiger partial charge on any atom is 0.276 e. The third-order valence-corrected chi connectivity index (χ3v) is 4.95. The normalized spacial score (nSPS) is 10.9. The number of hydrogen-bond donors (Lipinski definition) is 0. The molecular formula is C22H21ClN6O2. The van der Waals surface area contributed by atoms with Crippen LogP contribution in [-0.2, 0) is 13.1 Å². The summed E-state index contributed by atoms with van der Waals surface area (Å²) in [6, 6.07) is 17.1. The highest BCUT2D eigenvalue weighted by Crippen LogP contribution is 2.26. The van der Waals surface area contributed by atoms with Gasteiger partial charge in [-0.05, 0) is 24.1 Å². The van der Waals surface area contributed by atoms with Crippen molar-refractivity contribution >= 4 is 17.5 Å². The van der Waals surface area contributed by atoms with Gasteiger partial charge in [0.15, 0.2) is 5.69 Å². The molecule has 0 saturated heterocycles. The summed E-state index contributed by atoms with van der Waals surface area (Å²) in [6.45, 7) is 3.24. The first-order valence-corrected chi connectivity index (χ1v) is 10.3. The topological polar surface area (TPSA) is 89.9 Å². The molecule has 0 atom stereocenters. The van der Waals surface area contributed by atoms with Gasteiger partial charge in [-0.1, -0.05) is 66.2 Å². The van der Waals surface area contributed by atoms with E-state index in [-0.39, 0.29) is 18.1 Å². The van der Waals surface area contributed by atoms with E-state index in [9.17, 15) is 4.79 Å². The van der Waals surface area contributed by atoms with Crippen molar-refractivity contribution in [2.75, 3.05) is 6.54 Å². The Labute approximate surface area is 184 Å². The lowest BCUT2D eigenvalue weighted by Crippen LogP contribution is -2.31. The number of carbonyl (C=O) groups is 1. The van der Waals surface area contributed by atoms with Crippen molar-refractivity contribution < 1.29 is 9.21 Å². The SMILES string of the molecule is CCCN(Cc1nnc(-c2ccccc2Cl)o1)C(=O)c1cn(Cc2ccccc2)nn1. The van der Waals surface area contributed by atoms with Crippen molar-refractivity contribution in [3.05, 3.63) is 83.0 Å². The first-order valence-electron chi connectivity index (χ1n) is 9.94. The molecule has 31 heavy (non-hydrogen) atoms. The molecule has 8 nitrogen and oxygen atoms in total. The molecule has 2 heterocycles. The number of halogens is 1. The van der Waals surface area contributed by atoms with Crippen LogP contribution < -0.4 is 0 Å². The molecule has 0 fully saturated rings. The third-order valence-electron chi connectivity index (χ3n) is 4.62. The Morgan fingerprint density at radius 3 is 2.61 bits per heavy atom. The molecule has 9 heteroatoms. The Balaban J connectivity index is 1.48. The fourth-order valence-electron chi connectivity index (χ4n) is 3.15. The predicted molar refractivity (Wildman–Crippen MR) is 115 cm³/mol. The van der Waals surface area contributed by atoms with Gasteiger partial charge in [0.2, 0.25) is 11.8 Å². The molecule has 4 aromatic rings. The summed E-state index contributed by atoms with van der Waals surface area (Å²) in [4.78, 5) is 14.7. The van der Waals surface area contributed by atoms with Gasteiger partial charge in [0.05, 0.1) is 29.9 Å². The highest BCUT2D eigenvalue weighted by Gasteiger charge is 2.22. The van der Waals surface area contributed by atoms with Crippen LogP contribution >= 0.6 is 11.6 Å². The Morgan fingerprint density at radius 1 is 1.06 bits per heavy atom. The summed E-state index contributed by atoms with van der Waals surface area (Å²) in [6.07, 6.45) is 2.43. The van der Waals surface area contributed by atoms with Crippen molar-refractivity contribution in [1.82, 2.24) is 30.1 Å². The molecule has 0 aliphatic carbocycles. The van der Waals surface area contributed by atoms with Gasteiger partial charge >= 0.3 is 0 Å². The molecular weight excluding hydrogens is 416 g/mol. The Kier molecular flexibility index (Phi) is 6.37. The van der Waals surface area contributed by atoms with E-state index in [0.717, 1.165) is 12.0 Å². The number of amides is 1. The van der Waals surface area contributed by atoms with Crippen molar-refractivity contribution in [3.63, 3.8) is 0 Å². The zero-order valence-electron chi connectivity index (χ0n) is 17.0. The van der Waals surface area contributed by atoms with E-state index < -0.39 is 0 Å². The standard InChI is InChI=1S/C22H21ClN6O2/c1-2-12-28(15-20-25-26-21(31-20)17-10-6-7-11-18(17)23)22(30)19-14-29(27-24-19)13-16-8-4-3-5-9-16/h3-11,14H,2,12-13,15H2,1H3. The minimum Gasteiger partial charge on any atom is -0.419 e. The zero-order chi connectivity index (χ0) is 21.6. The second kappa shape index (κ2) is 9.53. The van der Waals surface area contributed by atoms with Gasteiger partial charge in [0, 0.05) is 6.54 Å². The van der Waals surface area contributed by atoms with Gasteiger partial charge in [0.25, 0.3) is 5.91 Å². The molecule has 0 aliphatic rings. The lowest BCUT2D eigenvalue weighted by molar-refractivity contribution is 0.0722. The van der Waals surface area contributed by atoms with Crippen molar-refractivity contribution in [2.24, 2.45) is 0 Å². The highest BCUT2D eigenvalue weighted by atomic mass is 35.5. The molecule has 4 rings (SSSR count). The minimum atomic E-state index is -0.237. The van der Waals surface area contributed by atoms with Crippen LogP contribution in [0.5, 0.6) is 0 Å².